The van der Waals surface area contributed by atoms with E-state index in [0.29, 0.717) is 16.6 Å². The van der Waals surface area contributed by atoms with Crippen LogP contribution in [0.4, 0.5) is 0 Å². The third-order valence-electron chi connectivity index (χ3n) is 2.79. The number of carboxylic acids is 1. The highest BCUT2D eigenvalue weighted by Gasteiger charge is 2.18. The summed E-state index contributed by atoms with van der Waals surface area (Å²) < 4.78 is 0. The summed E-state index contributed by atoms with van der Waals surface area (Å²) in [6.45, 7) is 5.36. The van der Waals surface area contributed by atoms with Crippen LogP contribution < -0.4 is 0 Å². The maximum Gasteiger partial charge on any atom is 0.340 e. The fourth-order valence-electron chi connectivity index (χ4n) is 2.04. The minimum absolute atomic E-state index is 0.0701. The van der Waals surface area contributed by atoms with E-state index in [2.05, 4.69) is 4.98 Å². The van der Waals surface area contributed by atoms with Crippen molar-refractivity contribution in [2.45, 2.75) is 20.8 Å². The van der Waals surface area contributed by atoms with Gasteiger partial charge in [0.05, 0.1) is 11.2 Å². The van der Waals surface area contributed by atoms with Crippen LogP contribution in [0.15, 0.2) is 12.1 Å². The molecule has 0 bridgehead atoms. The van der Waals surface area contributed by atoms with Crippen molar-refractivity contribution in [3.8, 4) is 5.75 Å². The minimum atomic E-state index is -1.14. The highest BCUT2D eigenvalue weighted by molar-refractivity contribution is 6.06. The molecule has 0 spiro atoms. The summed E-state index contributed by atoms with van der Waals surface area (Å²) in [4.78, 5) is 15.5. The van der Waals surface area contributed by atoms with Crippen LogP contribution in [0.3, 0.4) is 0 Å². The molecular weight excluding hydrogens is 218 g/mol. The summed E-state index contributed by atoms with van der Waals surface area (Å²) in [6, 6.07) is 3.68. The molecule has 2 N–H and O–H groups in total. The number of pyridine rings is 1. The highest BCUT2D eigenvalue weighted by atomic mass is 16.4. The molecule has 4 nitrogen and oxygen atoms in total. The lowest BCUT2D eigenvalue weighted by molar-refractivity contribution is 0.0695. The van der Waals surface area contributed by atoms with E-state index in [4.69, 9.17) is 0 Å². The molecule has 0 saturated heterocycles. The van der Waals surface area contributed by atoms with Crippen LogP contribution in [0.1, 0.15) is 27.2 Å². The van der Waals surface area contributed by atoms with Gasteiger partial charge in [0.2, 0.25) is 0 Å². The first kappa shape index (κ1) is 11.4. The van der Waals surface area contributed by atoms with Crippen molar-refractivity contribution in [1.82, 2.24) is 4.98 Å². The third kappa shape index (κ3) is 1.71. The molecular formula is C13H13NO3. The topological polar surface area (TPSA) is 70.4 Å². The molecule has 1 heterocycles. The Kier molecular flexibility index (Phi) is 2.50. The van der Waals surface area contributed by atoms with E-state index in [1.165, 1.54) is 0 Å². The zero-order chi connectivity index (χ0) is 12.7. The van der Waals surface area contributed by atoms with E-state index < -0.39 is 5.97 Å². The van der Waals surface area contributed by atoms with Crippen LogP contribution in [0.2, 0.25) is 0 Å². The number of fused-ring (bicyclic) bond motifs is 1. The van der Waals surface area contributed by atoms with Crippen molar-refractivity contribution in [3.05, 3.63) is 34.5 Å². The second-order valence-electron chi connectivity index (χ2n) is 4.20. The van der Waals surface area contributed by atoms with Gasteiger partial charge in [-0.15, -0.1) is 0 Å². The maximum atomic E-state index is 11.2. The zero-order valence-electron chi connectivity index (χ0n) is 9.90. The number of aromatic carboxylic acids is 1. The average molecular weight is 231 g/mol. The minimum Gasteiger partial charge on any atom is -0.505 e. The van der Waals surface area contributed by atoms with Crippen molar-refractivity contribution in [3.63, 3.8) is 0 Å². The van der Waals surface area contributed by atoms with E-state index in [9.17, 15) is 15.0 Å². The van der Waals surface area contributed by atoms with Gasteiger partial charge in [0.25, 0.3) is 0 Å². The van der Waals surface area contributed by atoms with Crippen LogP contribution in [-0.4, -0.2) is 21.2 Å². The predicted octanol–water partition coefficient (Wildman–Crippen LogP) is 2.56. The lowest BCUT2D eigenvalue weighted by Gasteiger charge is -2.10. The van der Waals surface area contributed by atoms with Crippen molar-refractivity contribution in [2.24, 2.45) is 0 Å². The highest BCUT2D eigenvalue weighted by Crippen LogP contribution is 2.30. The van der Waals surface area contributed by atoms with E-state index in [-0.39, 0.29) is 11.3 Å². The van der Waals surface area contributed by atoms with Gasteiger partial charge in [-0.2, -0.15) is 0 Å². The second-order valence-corrected chi connectivity index (χ2v) is 4.20. The molecule has 0 aliphatic rings. The number of nitrogens with zero attached hydrogens (tertiary/aromatic N) is 1. The molecule has 0 aliphatic heterocycles. The molecule has 0 saturated carbocycles. The average Bonchev–Trinajstić information content (AvgIpc) is 2.20. The van der Waals surface area contributed by atoms with Crippen molar-refractivity contribution < 1.29 is 15.0 Å². The van der Waals surface area contributed by atoms with E-state index in [1.807, 2.05) is 19.9 Å². The Labute approximate surface area is 98.5 Å². The molecule has 4 heteroatoms. The van der Waals surface area contributed by atoms with Gasteiger partial charge in [0.1, 0.15) is 5.56 Å². The quantitative estimate of drug-likeness (QED) is 0.791. The number of aromatic hydroxyl groups is 1. The number of carboxylic acid groups (broad SMARTS) is 1. The number of rotatable bonds is 1. The number of carbonyl (C=O) groups is 1. The molecule has 17 heavy (non-hydrogen) atoms. The Bertz CT molecular complexity index is 632. The SMILES string of the molecule is Cc1cc(C)c2nc(C)c(O)c(C(=O)O)c2c1. The molecule has 0 unspecified atom stereocenters. The lowest BCUT2D eigenvalue weighted by Crippen LogP contribution is -2.02. The van der Waals surface area contributed by atoms with Gasteiger partial charge in [0.15, 0.2) is 5.75 Å². The van der Waals surface area contributed by atoms with Crippen molar-refractivity contribution in [2.75, 3.05) is 0 Å². The first-order valence-electron chi connectivity index (χ1n) is 5.25. The van der Waals surface area contributed by atoms with Crippen LogP contribution in [0.25, 0.3) is 10.9 Å². The largest absolute Gasteiger partial charge is 0.505 e. The zero-order valence-corrected chi connectivity index (χ0v) is 9.90. The summed E-state index contributed by atoms with van der Waals surface area (Å²) in [6.07, 6.45) is 0. The molecule has 88 valence electrons. The Morgan fingerprint density at radius 3 is 2.47 bits per heavy atom. The molecule has 1 aromatic carbocycles. The van der Waals surface area contributed by atoms with E-state index in [0.717, 1.165) is 11.1 Å². The molecule has 0 fully saturated rings. The van der Waals surface area contributed by atoms with Gasteiger partial charge in [-0.05, 0) is 32.4 Å². The van der Waals surface area contributed by atoms with E-state index >= 15 is 0 Å². The monoisotopic (exact) mass is 231 g/mol. The number of benzene rings is 1. The van der Waals surface area contributed by atoms with Crippen molar-refractivity contribution >= 4 is 16.9 Å². The van der Waals surface area contributed by atoms with Crippen LogP contribution in [0, 0.1) is 20.8 Å². The van der Waals surface area contributed by atoms with Gasteiger partial charge in [-0.3, -0.25) is 0 Å². The van der Waals surface area contributed by atoms with Gasteiger partial charge in [-0.25, -0.2) is 9.78 Å². The summed E-state index contributed by atoms with van der Waals surface area (Å²) in [5, 5.41) is 19.5. The standard InChI is InChI=1S/C13H13NO3/c1-6-4-7(2)11-9(5-6)10(13(16)17)12(15)8(3)14-11/h4-5,15H,1-3H3,(H,16,17). The Balaban J connectivity index is 3.03. The van der Waals surface area contributed by atoms with Gasteiger partial charge >= 0.3 is 5.97 Å². The molecule has 0 atom stereocenters. The third-order valence-corrected chi connectivity index (χ3v) is 2.79. The van der Waals surface area contributed by atoms with Crippen LogP contribution >= 0.6 is 0 Å². The summed E-state index contributed by atoms with van der Waals surface area (Å²) in [5.41, 5.74) is 2.75. The number of aryl methyl sites for hydroxylation is 3. The summed E-state index contributed by atoms with van der Waals surface area (Å²) in [7, 11) is 0. The first-order chi connectivity index (χ1) is 7.91. The maximum absolute atomic E-state index is 11.2. The molecule has 0 radical (unpaired) electrons. The number of aromatic nitrogens is 1. The second kappa shape index (κ2) is 3.73. The molecule has 1 aromatic heterocycles. The number of hydrogen-bond acceptors (Lipinski definition) is 3. The van der Waals surface area contributed by atoms with Crippen LogP contribution in [-0.2, 0) is 0 Å². The van der Waals surface area contributed by atoms with Gasteiger partial charge in [-0.1, -0.05) is 11.6 Å². The predicted molar refractivity (Wildman–Crippen MR) is 64.6 cm³/mol. The van der Waals surface area contributed by atoms with E-state index in [1.54, 1.807) is 13.0 Å². The summed E-state index contributed by atoms with van der Waals surface area (Å²) in [5.74, 6) is -1.39. The molecule has 2 aromatic rings. The Morgan fingerprint density at radius 2 is 1.88 bits per heavy atom. The fourth-order valence-corrected chi connectivity index (χ4v) is 2.04. The number of hydrogen-bond donors (Lipinski definition) is 2. The molecule has 0 amide bonds. The van der Waals surface area contributed by atoms with Gasteiger partial charge in [0, 0.05) is 5.39 Å². The van der Waals surface area contributed by atoms with Crippen molar-refractivity contribution in [1.29, 1.82) is 0 Å². The fraction of sp³-hybridized carbons (Fsp3) is 0.231. The normalized spacial score (nSPS) is 10.8. The van der Waals surface area contributed by atoms with Crippen LogP contribution in [0.5, 0.6) is 5.75 Å². The summed E-state index contributed by atoms with van der Waals surface area (Å²) >= 11 is 0. The lowest BCUT2D eigenvalue weighted by atomic mass is 10.0. The molecule has 0 aliphatic carbocycles. The van der Waals surface area contributed by atoms with Gasteiger partial charge < -0.3 is 10.2 Å². The Hall–Kier alpha value is -2.10. The first-order valence-corrected chi connectivity index (χ1v) is 5.25. The smallest absolute Gasteiger partial charge is 0.340 e. The molecule has 2 rings (SSSR count). The Morgan fingerprint density at radius 1 is 1.24 bits per heavy atom.